The van der Waals surface area contributed by atoms with E-state index < -0.39 is 5.97 Å². The van der Waals surface area contributed by atoms with E-state index in [1.807, 2.05) is 48.5 Å². The van der Waals surface area contributed by atoms with Crippen molar-refractivity contribution < 1.29 is 14.6 Å². The van der Waals surface area contributed by atoms with Gasteiger partial charge in [-0.2, -0.15) is 5.10 Å². The van der Waals surface area contributed by atoms with Crippen LogP contribution in [0.5, 0.6) is 5.75 Å². The van der Waals surface area contributed by atoms with E-state index >= 15 is 0 Å². The van der Waals surface area contributed by atoms with Gasteiger partial charge in [-0.15, -0.1) is 0 Å². The molecule has 0 aliphatic rings. The van der Waals surface area contributed by atoms with Crippen LogP contribution in [0.4, 0.5) is 0 Å². The van der Waals surface area contributed by atoms with E-state index in [2.05, 4.69) is 22.2 Å². The van der Waals surface area contributed by atoms with Crippen LogP contribution in [0, 0.1) is 6.92 Å². The molecule has 0 radical (unpaired) electrons. The number of hydrogen-bond acceptors (Lipinski definition) is 4. The number of carbonyl (C=O) groups is 1. The number of ether oxygens (including phenoxy) is 1. The standard InChI is InChI=1S/C23H21N3O3/c1-16-24-22-21(23(27)28)20(29-15-18-10-6-3-7-11-18)14-19(26(22)25-16)13-12-17-8-4-2-5-9-17/h2-11,14H,12-13,15H2,1H3,(H,27,28). The minimum atomic E-state index is -1.08. The maximum absolute atomic E-state index is 12.0. The van der Waals surface area contributed by atoms with Gasteiger partial charge in [-0.05, 0) is 30.9 Å². The number of nitrogens with zero attached hydrogens (tertiary/aromatic N) is 3. The average Bonchev–Trinajstić information content (AvgIpc) is 3.12. The summed E-state index contributed by atoms with van der Waals surface area (Å²) in [6.07, 6.45) is 1.49. The van der Waals surface area contributed by atoms with Crippen molar-refractivity contribution in [3.8, 4) is 5.75 Å². The third-order valence-corrected chi connectivity index (χ3v) is 4.72. The predicted octanol–water partition coefficient (Wildman–Crippen LogP) is 4.10. The summed E-state index contributed by atoms with van der Waals surface area (Å²) in [4.78, 5) is 16.3. The van der Waals surface area contributed by atoms with Crippen molar-refractivity contribution in [3.05, 3.63) is 94.9 Å². The fraction of sp³-hybridized carbons (Fsp3) is 0.174. The third-order valence-electron chi connectivity index (χ3n) is 4.72. The summed E-state index contributed by atoms with van der Waals surface area (Å²) in [5.41, 5.74) is 3.37. The topological polar surface area (TPSA) is 76.7 Å². The zero-order valence-electron chi connectivity index (χ0n) is 16.1. The predicted molar refractivity (Wildman–Crippen MR) is 109 cm³/mol. The van der Waals surface area contributed by atoms with Crippen LogP contribution in [-0.2, 0) is 19.4 Å². The number of carboxylic acid groups (broad SMARTS) is 1. The molecule has 4 rings (SSSR count). The minimum Gasteiger partial charge on any atom is -0.488 e. The van der Waals surface area contributed by atoms with E-state index in [0.29, 0.717) is 23.6 Å². The first-order valence-corrected chi connectivity index (χ1v) is 9.45. The number of rotatable bonds is 7. The van der Waals surface area contributed by atoms with Gasteiger partial charge in [0, 0.05) is 11.8 Å². The van der Waals surface area contributed by atoms with Crippen molar-refractivity contribution in [1.29, 1.82) is 0 Å². The molecule has 0 saturated carbocycles. The van der Waals surface area contributed by atoms with Crippen molar-refractivity contribution in [3.63, 3.8) is 0 Å². The molecule has 6 heteroatoms. The van der Waals surface area contributed by atoms with Crippen LogP contribution in [0.1, 0.15) is 33.0 Å². The van der Waals surface area contributed by atoms with Crippen molar-refractivity contribution in [2.24, 2.45) is 0 Å². The molecule has 146 valence electrons. The highest BCUT2D eigenvalue weighted by Crippen LogP contribution is 2.27. The van der Waals surface area contributed by atoms with Crippen molar-refractivity contribution >= 4 is 11.6 Å². The Morgan fingerprint density at radius 3 is 2.31 bits per heavy atom. The van der Waals surface area contributed by atoms with Gasteiger partial charge < -0.3 is 9.84 Å². The van der Waals surface area contributed by atoms with Crippen LogP contribution < -0.4 is 4.74 Å². The second kappa shape index (κ2) is 8.14. The number of aryl methyl sites for hydroxylation is 3. The number of hydrogen-bond donors (Lipinski definition) is 1. The number of aromatic nitrogens is 3. The Morgan fingerprint density at radius 2 is 1.66 bits per heavy atom. The Bertz CT molecular complexity index is 1140. The highest BCUT2D eigenvalue weighted by atomic mass is 16.5. The first-order chi connectivity index (χ1) is 14.1. The van der Waals surface area contributed by atoms with Gasteiger partial charge in [0.15, 0.2) is 5.65 Å². The van der Waals surface area contributed by atoms with Gasteiger partial charge in [-0.25, -0.2) is 14.3 Å². The van der Waals surface area contributed by atoms with E-state index in [9.17, 15) is 9.90 Å². The summed E-state index contributed by atoms with van der Waals surface area (Å²) in [6.45, 7) is 2.03. The molecule has 0 bridgehead atoms. The third kappa shape index (κ3) is 4.11. The van der Waals surface area contributed by atoms with Crippen LogP contribution in [0.15, 0.2) is 66.7 Å². The fourth-order valence-electron chi connectivity index (χ4n) is 3.32. The molecule has 1 N–H and O–H groups in total. The number of carboxylic acids is 1. The van der Waals surface area contributed by atoms with E-state index in [-0.39, 0.29) is 12.2 Å². The zero-order chi connectivity index (χ0) is 20.2. The van der Waals surface area contributed by atoms with Crippen LogP contribution >= 0.6 is 0 Å². The molecule has 0 aliphatic heterocycles. The quantitative estimate of drug-likeness (QED) is 0.517. The van der Waals surface area contributed by atoms with Crippen LogP contribution in [0.25, 0.3) is 5.65 Å². The molecule has 0 atom stereocenters. The van der Waals surface area contributed by atoms with Crippen LogP contribution in [0.2, 0.25) is 0 Å². The Hall–Kier alpha value is -3.67. The summed E-state index contributed by atoms with van der Waals surface area (Å²) in [5.74, 6) is -0.252. The second-order valence-electron chi connectivity index (χ2n) is 6.83. The van der Waals surface area contributed by atoms with Gasteiger partial charge in [0.25, 0.3) is 0 Å². The summed E-state index contributed by atoms with van der Waals surface area (Å²) in [5, 5.41) is 14.2. The van der Waals surface area contributed by atoms with E-state index in [0.717, 1.165) is 17.7 Å². The smallest absolute Gasteiger partial charge is 0.343 e. The number of aromatic carboxylic acids is 1. The highest BCUT2D eigenvalue weighted by Gasteiger charge is 2.22. The Labute approximate surface area is 168 Å². The van der Waals surface area contributed by atoms with Gasteiger partial charge in [0.05, 0.1) is 0 Å². The maximum atomic E-state index is 12.0. The lowest BCUT2D eigenvalue weighted by Crippen LogP contribution is -2.10. The number of benzene rings is 2. The Kier molecular flexibility index (Phi) is 5.24. The molecule has 29 heavy (non-hydrogen) atoms. The Morgan fingerprint density at radius 1 is 1.00 bits per heavy atom. The lowest BCUT2D eigenvalue weighted by molar-refractivity contribution is 0.0693. The van der Waals surface area contributed by atoms with Crippen molar-refractivity contribution in [2.45, 2.75) is 26.4 Å². The average molecular weight is 387 g/mol. The molecule has 0 spiro atoms. The molecule has 4 aromatic rings. The molecular weight excluding hydrogens is 366 g/mol. The molecule has 0 aliphatic carbocycles. The minimum absolute atomic E-state index is 0.0324. The van der Waals surface area contributed by atoms with E-state index in [1.165, 1.54) is 5.56 Å². The van der Waals surface area contributed by atoms with Crippen molar-refractivity contribution in [1.82, 2.24) is 14.6 Å². The normalized spacial score (nSPS) is 10.9. The molecule has 6 nitrogen and oxygen atoms in total. The molecule has 2 aromatic carbocycles. The lowest BCUT2D eigenvalue weighted by Gasteiger charge is -2.13. The zero-order valence-corrected chi connectivity index (χ0v) is 16.1. The largest absolute Gasteiger partial charge is 0.488 e. The second-order valence-corrected chi connectivity index (χ2v) is 6.83. The maximum Gasteiger partial charge on any atom is 0.343 e. The Balaban J connectivity index is 1.72. The molecule has 0 amide bonds. The SMILES string of the molecule is Cc1nc2c(C(=O)O)c(OCc3ccccc3)cc(CCc3ccccc3)n2n1. The number of pyridine rings is 1. The van der Waals surface area contributed by atoms with Crippen molar-refractivity contribution in [2.75, 3.05) is 0 Å². The molecule has 0 saturated heterocycles. The van der Waals surface area contributed by atoms with E-state index in [4.69, 9.17) is 4.74 Å². The van der Waals surface area contributed by atoms with Gasteiger partial charge >= 0.3 is 5.97 Å². The summed E-state index contributed by atoms with van der Waals surface area (Å²) < 4.78 is 7.55. The fourth-order valence-corrected chi connectivity index (χ4v) is 3.32. The first kappa shape index (κ1) is 18.7. The summed E-state index contributed by atoms with van der Waals surface area (Å²) in [6, 6.07) is 21.6. The first-order valence-electron chi connectivity index (χ1n) is 9.45. The molecule has 0 unspecified atom stereocenters. The molecule has 2 heterocycles. The monoisotopic (exact) mass is 387 g/mol. The van der Waals surface area contributed by atoms with Crippen LogP contribution in [0.3, 0.4) is 0 Å². The molecule has 2 aromatic heterocycles. The van der Waals surface area contributed by atoms with Gasteiger partial charge in [0.2, 0.25) is 0 Å². The van der Waals surface area contributed by atoms with Crippen LogP contribution in [-0.4, -0.2) is 25.7 Å². The van der Waals surface area contributed by atoms with Gasteiger partial charge in [0.1, 0.15) is 23.7 Å². The number of fused-ring (bicyclic) bond motifs is 1. The molecular formula is C23H21N3O3. The molecule has 0 fully saturated rings. The lowest BCUT2D eigenvalue weighted by atomic mass is 10.1. The van der Waals surface area contributed by atoms with E-state index in [1.54, 1.807) is 17.5 Å². The van der Waals surface area contributed by atoms with Gasteiger partial charge in [-0.1, -0.05) is 60.7 Å². The highest BCUT2D eigenvalue weighted by molar-refractivity contribution is 5.97. The van der Waals surface area contributed by atoms with Gasteiger partial charge in [-0.3, -0.25) is 0 Å². The summed E-state index contributed by atoms with van der Waals surface area (Å²) in [7, 11) is 0. The summed E-state index contributed by atoms with van der Waals surface area (Å²) >= 11 is 0.